The van der Waals surface area contributed by atoms with E-state index in [1.54, 1.807) is 48.7 Å². The van der Waals surface area contributed by atoms with Gasteiger partial charge in [-0.05, 0) is 52.8 Å². The standard InChI is InChI=1S/C44H52N6O5/c1-6-7-8-9-10-23-55-37-21-17-31(18-22-37)34-26-45-40(46-27-34)32-13-11-30(12-14-32)24-38(48-41(51)33-15-19-35(20-16-33)44(2,3)4)42(52)49-39(43(53)54)25-36-28-50(5)29-47-36/h11-22,26-29,38-39H,6-10,23-25H2,1-5H3,(H,48,51)(H,49,52)(H,53,54). The minimum Gasteiger partial charge on any atom is -0.494 e. The van der Waals surface area contributed by atoms with Gasteiger partial charge in [0.05, 0.1) is 18.6 Å². The molecule has 0 aliphatic carbocycles. The molecule has 55 heavy (non-hydrogen) atoms. The summed E-state index contributed by atoms with van der Waals surface area (Å²) in [6, 6.07) is 20.3. The number of carboxylic acids is 1. The number of ether oxygens (including phenoxy) is 1. The quantitative estimate of drug-likeness (QED) is 0.0790. The van der Waals surface area contributed by atoms with E-state index in [0.717, 1.165) is 40.0 Å². The zero-order chi connectivity index (χ0) is 39.4. The lowest BCUT2D eigenvalue weighted by molar-refractivity contribution is -0.142. The van der Waals surface area contributed by atoms with Crippen molar-refractivity contribution in [3.05, 3.63) is 120 Å². The maximum absolute atomic E-state index is 13.7. The third kappa shape index (κ3) is 11.8. The van der Waals surface area contributed by atoms with Crippen LogP contribution in [-0.2, 0) is 34.9 Å². The highest BCUT2D eigenvalue weighted by Gasteiger charge is 2.28. The summed E-state index contributed by atoms with van der Waals surface area (Å²) in [6.45, 7) is 9.19. The van der Waals surface area contributed by atoms with E-state index >= 15 is 0 Å². The predicted octanol–water partition coefficient (Wildman–Crippen LogP) is 7.34. The second kappa shape index (κ2) is 19.0. The van der Waals surface area contributed by atoms with Crippen LogP contribution in [0.5, 0.6) is 5.75 Å². The van der Waals surface area contributed by atoms with Gasteiger partial charge in [0.1, 0.15) is 17.8 Å². The second-order valence-electron chi connectivity index (χ2n) is 15.0. The van der Waals surface area contributed by atoms with Gasteiger partial charge >= 0.3 is 5.97 Å². The van der Waals surface area contributed by atoms with Crippen molar-refractivity contribution in [1.82, 2.24) is 30.2 Å². The van der Waals surface area contributed by atoms with Crippen LogP contribution in [0.2, 0.25) is 0 Å². The number of imidazole rings is 1. The number of aryl methyl sites for hydroxylation is 1. The van der Waals surface area contributed by atoms with E-state index in [-0.39, 0.29) is 18.3 Å². The van der Waals surface area contributed by atoms with Gasteiger partial charge in [-0.25, -0.2) is 19.7 Å². The van der Waals surface area contributed by atoms with Gasteiger partial charge in [-0.3, -0.25) is 9.59 Å². The minimum absolute atomic E-state index is 0.0106. The van der Waals surface area contributed by atoms with Crippen LogP contribution in [0.15, 0.2) is 97.7 Å². The molecule has 5 aromatic rings. The lowest BCUT2D eigenvalue weighted by Gasteiger charge is -2.22. The van der Waals surface area contributed by atoms with Crippen LogP contribution in [0.3, 0.4) is 0 Å². The van der Waals surface area contributed by atoms with Crippen molar-refractivity contribution in [3.8, 4) is 28.3 Å². The smallest absolute Gasteiger partial charge is 0.326 e. The Morgan fingerprint density at radius 2 is 1.42 bits per heavy atom. The average molecular weight is 745 g/mol. The Bertz CT molecular complexity index is 2000. The number of rotatable bonds is 18. The Morgan fingerprint density at radius 1 is 0.764 bits per heavy atom. The van der Waals surface area contributed by atoms with Crippen molar-refractivity contribution in [1.29, 1.82) is 0 Å². The van der Waals surface area contributed by atoms with Crippen molar-refractivity contribution in [3.63, 3.8) is 0 Å². The molecule has 0 saturated carbocycles. The zero-order valence-electron chi connectivity index (χ0n) is 32.4. The topological polar surface area (TPSA) is 148 Å². The fraction of sp³-hybridized carbons (Fsp3) is 0.364. The van der Waals surface area contributed by atoms with Gasteiger partial charge in [0.2, 0.25) is 5.91 Å². The summed E-state index contributed by atoms with van der Waals surface area (Å²) < 4.78 is 7.61. The van der Waals surface area contributed by atoms with Crippen LogP contribution in [0.1, 0.15) is 87.0 Å². The molecule has 0 spiro atoms. The van der Waals surface area contributed by atoms with Crippen molar-refractivity contribution >= 4 is 17.8 Å². The summed E-state index contributed by atoms with van der Waals surface area (Å²) in [5.41, 5.74) is 5.29. The Kier molecular flexibility index (Phi) is 13.9. The number of amides is 2. The number of nitrogens with zero attached hydrogens (tertiary/aromatic N) is 4. The summed E-state index contributed by atoms with van der Waals surface area (Å²) in [5, 5.41) is 15.4. The molecule has 5 rings (SSSR count). The average Bonchev–Trinajstić information content (AvgIpc) is 3.60. The minimum atomic E-state index is -1.24. The van der Waals surface area contributed by atoms with Gasteiger partial charge < -0.3 is 25.0 Å². The van der Waals surface area contributed by atoms with E-state index in [4.69, 9.17) is 4.74 Å². The molecule has 0 saturated heterocycles. The van der Waals surface area contributed by atoms with Crippen LogP contribution < -0.4 is 15.4 Å². The summed E-state index contributed by atoms with van der Waals surface area (Å²) in [7, 11) is 1.78. The summed E-state index contributed by atoms with van der Waals surface area (Å²) in [4.78, 5) is 52.8. The number of carbonyl (C=O) groups is 3. The molecule has 2 unspecified atom stereocenters. The lowest BCUT2D eigenvalue weighted by atomic mass is 9.86. The van der Waals surface area contributed by atoms with Crippen molar-refractivity contribution in [2.45, 2.75) is 90.1 Å². The van der Waals surface area contributed by atoms with E-state index < -0.39 is 29.9 Å². The van der Waals surface area contributed by atoms with Crippen molar-refractivity contribution < 1.29 is 24.2 Å². The molecule has 0 radical (unpaired) electrons. The maximum atomic E-state index is 13.7. The number of carbonyl (C=O) groups excluding carboxylic acids is 2. The highest BCUT2D eigenvalue weighted by Crippen LogP contribution is 2.25. The highest BCUT2D eigenvalue weighted by molar-refractivity contribution is 5.98. The molecule has 11 heteroatoms. The van der Waals surface area contributed by atoms with Gasteiger partial charge in [-0.15, -0.1) is 0 Å². The number of unbranched alkanes of at least 4 members (excludes halogenated alkanes) is 4. The number of benzene rings is 3. The van der Waals surface area contributed by atoms with E-state index in [2.05, 4.69) is 53.3 Å². The van der Waals surface area contributed by atoms with Crippen molar-refractivity contribution in [2.24, 2.45) is 7.05 Å². The molecule has 11 nitrogen and oxygen atoms in total. The normalized spacial score (nSPS) is 12.5. The molecule has 2 atom stereocenters. The molecule has 288 valence electrons. The third-order valence-electron chi connectivity index (χ3n) is 9.43. The monoisotopic (exact) mass is 744 g/mol. The summed E-state index contributed by atoms with van der Waals surface area (Å²) >= 11 is 0. The second-order valence-corrected chi connectivity index (χ2v) is 15.0. The molecule has 2 heterocycles. The Morgan fingerprint density at radius 3 is 2.02 bits per heavy atom. The predicted molar refractivity (Wildman–Crippen MR) is 214 cm³/mol. The van der Waals surface area contributed by atoms with Crippen LogP contribution in [0, 0.1) is 0 Å². The third-order valence-corrected chi connectivity index (χ3v) is 9.43. The van der Waals surface area contributed by atoms with Crippen LogP contribution in [0.25, 0.3) is 22.5 Å². The molecule has 0 aliphatic heterocycles. The fourth-order valence-electron chi connectivity index (χ4n) is 6.12. The van der Waals surface area contributed by atoms with Gasteiger partial charge in [0, 0.05) is 55.2 Å². The van der Waals surface area contributed by atoms with Gasteiger partial charge in [0.15, 0.2) is 5.82 Å². The fourth-order valence-corrected chi connectivity index (χ4v) is 6.12. The van der Waals surface area contributed by atoms with Crippen LogP contribution in [-0.4, -0.2) is 61.1 Å². The van der Waals surface area contributed by atoms with Gasteiger partial charge in [-0.1, -0.05) is 102 Å². The first kappa shape index (κ1) is 40.3. The number of carboxylic acid groups (broad SMARTS) is 1. The molecule has 2 aromatic heterocycles. The van der Waals surface area contributed by atoms with E-state index in [1.165, 1.54) is 25.7 Å². The molecule has 0 bridgehead atoms. The number of hydrogen-bond acceptors (Lipinski definition) is 7. The first-order chi connectivity index (χ1) is 26.4. The van der Waals surface area contributed by atoms with Crippen LogP contribution >= 0.6 is 0 Å². The molecule has 0 fully saturated rings. The SMILES string of the molecule is CCCCCCCOc1ccc(-c2cnc(-c3ccc(CC(NC(=O)c4ccc(C(C)(C)C)cc4)C(=O)NC(Cc4cn(C)cn4)C(=O)O)cc3)nc2)cc1. The van der Waals surface area contributed by atoms with E-state index in [1.807, 2.05) is 60.7 Å². The Hall–Kier alpha value is -5.84. The number of aliphatic carboxylic acids is 1. The molecular formula is C44H52N6O5. The first-order valence-corrected chi connectivity index (χ1v) is 19.0. The molecule has 0 aliphatic rings. The summed E-state index contributed by atoms with van der Waals surface area (Å²) in [6.07, 6.45) is 12.9. The van der Waals surface area contributed by atoms with E-state index in [9.17, 15) is 19.5 Å². The van der Waals surface area contributed by atoms with Crippen molar-refractivity contribution in [2.75, 3.05) is 6.61 Å². The Balaban J connectivity index is 1.26. The highest BCUT2D eigenvalue weighted by atomic mass is 16.5. The van der Waals surface area contributed by atoms with E-state index in [0.29, 0.717) is 23.7 Å². The zero-order valence-corrected chi connectivity index (χ0v) is 32.4. The van der Waals surface area contributed by atoms with Gasteiger partial charge in [-0.2, -0.15) is 0 Å². The largest absolute Gasteiger partial charge is 0.494 e. The summed E-state index contributed by atoms with van der Waals surface area (Å²) in [5.74, 6) is -0.877. The number of aromatic nitrogens is 4. The van der Waals surface area contributed by atoms with Gasteiger partial charge in [0.25, 0.3) is 5.91 Å². The van der Waals surface area contributed by atoms with Crippen LogP contribution in [0.4, 0.5) is 0 Å². The number of hydrogen-bond donors (Lipinski definition) is 3. The molecule has 3 aromatic carbocycles. The lowest BCUT2D eigenvalue weighted by Crippen LogP contribution is -2.53. The molecular weight excluding hydrogens is 693 g/mol. The Labute approximate surface area is 323 Å². The molecule has 3 N–H and O–H groups in total. The maximum Gasteiger partial charge on any atom is 0.326 e. The molecule has 2 amide bonds. The first-order valence-electron chi connectivity index (χ1n) is 19.0. The number of nitrogens with one attached hydrogen (secondary N) is 2.